The van der Waals surface area contributed by atoms with Gasteiger partial charge in [0.25, 0.3) is 0 Å². The second-order valence-corrected chi connectivity index (χ2v) is 12.2. The lowest BCUT2D eigenvalue weighted by Crippen LogP contribution is -2.02. The van der Waals surface area contributed by atoms with Gasteiger partial charge in [0.15, 0.2) is 0 Å². The van der Waals surface area contributed by atoms with Gasteiger partial charge in [0.2, 0.25) is 0 Å². The zero-order valence-electron chi connectivity index (χ0n) is 31.6. The first-order chi connectivity index (χ1) is 20.5. The minimum absolute atomic E-state index is 0.542. The Morgan fingerprint density at radius 2 is 1.30 bits per heavy atom. The maximum atomic E-state index is 4.36. The van der Waals surface area contributed by atoms with Crippen LogP contribution in [0.2, 0.25) is 0 Å². The van der Waals surface area contributed by atoms with E-state index in [4.69, 9.17) is 0 Å². The van der Waals surface area contributed by atoms with E-state index in [9.17, 15) is 0 Å². The van der Waals surface area contributed by atoms with Crippen LogP contribution in [0.1, 0.15) is 112 Å². The van der Waals surface area contributed by atoms with Gasteiger partial charge in [-0.15, -0.1) is 13.2 Å². The number of rotatable bonds is 6. The zero-order valence-corrected chi connectivity index (χ0v) is 31.6. The van der Waals surface area contributed by atoms with Gasteiger partial charge in [-0.1, -0.05) is 145 Å². The van der Waals surface area contributed by atoms with Gasteiger partial charge >= 0.3 is 0 Å². The minimum atomic E-state index is 0.542. The van der Waals surface area contributed by atoms with Gasteiger partial charge in [0.05, 0.1) is 5.71 Å². The lowest BCUT2D eigenvalue weighted by Gasteiger charge is -2.12. The molecule has 0 aliphatic heterocycles. The van der Waals surface area contributed by atoms with Crippen LogP contribution >= 0.6 is 0 Å². The van der Waals surface area contributed by atoms with Crippen LogP contribution in [0.25, 0.3) is 0 Å². The Morgan fingerprint density at radius 3 is 1.59 bits per heavy atom. The predicted molar refractivity (Wildman–Crippen MR) is 209 cm³/mol. The number of aryl methyl sites for hydroxylation is 2. The summed E-state index contributed by atoms with van der Waals surface area (Å²) in [6.07, 6.45) is 11.3. The largest absolute Gasteiger partial charge is 0.388 e. The third-order valence-electron chi connectivity index (χ3n) is 5.49. The number of hydrogen-bond donors (Lipinski definition) is 1. The fourth-order valence-corrected chi connectivity index (χ4v) is 2.40. The number of benzene rings is 2. The van der Waals surface area contributed by atoms with Crippen LogP contribution in [0.15, 0.2) is 114 Å². The summed E-state index contributed by atoms with van der Waals surface area (Å²) in [5.74, 6) is 0. The standard InChI is InChI=1S/C16H19N.C8H11N.C6H14.C5H10.C4H8.C3H8/c1-5-6-7-8-14(3)16(17-4)15-11-9-13(2)10-12-15;1-7-4-3-5-8(6-7)9-2;1-5-6(2,3)4;1-4-5(2)3;1-4(2)3;1-3-2/h5-12H,1H2,2-4H3;3-6,9H,1-2H3;5H2,1-4H3;2,4H2,1,3H3;1H2,2-3H3;3H2,1-2H3/b7-6-,14-8+,17-16?;;;;;. The molecule has 0 unspecified atom stereocenters. The van der Waals surface area contributed by atoms with Crippen molar-refractivity contribution in [2.45, 2.75) is 109 Å². The summed E-state index contributed by atoms with van der Waals surface area (Å²) >= 11 is 0. The Hall–Kier alpha value is -3.39. The van der Waals surface area contributed by atoms with E-state index >= 15 is 0 Å². The first kappa shape index (κ1) is 47.5. The molecule has 2 aromatic carbocycles. The summed E-state index contributed by atoms with van der Waals surface area (Å²) in [6.45, 7) is 38.4. The average molecular weight is 603 g/mol. The van der Waals surface area contributed by atoms with Gasteiger partial charge in [-0.25, -0.2) is 0 Å². The minimum Gasteiger partial charge on any atom is -0.388 e. The molecule has 2 rings (SSSR count). The van der Waals surface area contributed by atoms with Crippen LogP contribution in [0, 0.1) is 19.3 Å². The Bertz CT molecular complexity index is 1080. The lowest BCUT2D eigenvalue weighted by atomic mass is 9.94. The van der Waals surface area contributed by atoms with Crippen molar-refractivity contribution < 1.29 is 0 Å². The van der Waals surface area contributed by atoms with Crippen molar-refractivity contribution in [2.24, 2.45) is 10.4 Å². The van der Waals surface area contributed by atoms with Crippen LogP contribution in [0.5, 0.6) is 0 Å². The molecule has 248 valence electrons. The Labute approximate surface area is 275 Å². The highest BCUT2D eigenvalue weighted by Gasteiger charge is 2.04. The normalized spacial score (nSPS) is 10.4. The molecule has 2 nitrogen and oxygen atoms in total. The van der Waals surface area contributed by atoms with Crippen molar-refractivity contribution in [1.29, 1.82) is 0 Å². The molecule has 0 atom stereocenters. The topological polar surface area (TPSA) is 24.4 Å². The van der Waals surface area contributed by atoms with Gasteiger partial charge in [-0.05, 0) is 82.2 Å². The van der Waals surface area contributed by atoms with Crippen molar-refractivity contribution in [3.8, 4) is 0 Å². The molecule has 0 aliphatic rings. The fourth-order valence-electron chi connectivity index (χ4n) is 2.40. The SMILES string of the molecule is C=C(C)C.C=C(C)CC.C=C/C=C\C=C(/C)C(=NC)c1ccc(C)cc1.CCC.CCC(C)(C)C.CNc1cccc(C)c1. The highest BCUT2D eigenvalue weighted by molar-refractivity contribution is 6.12. The van der Waals surface area contributed by atoms with E-state index in [1.54, 1.807) is 6.08 Å². The molecular weight excluding hydrogens is 532 g/mol. The van der Waals surface area contributed by atoms with Gasteiger partial charge in [-0.2, -0.15) is 0 Å². The molecule has 0 saturated heterocycles. The van der Waals surface area contributed by atoms with Gasteiger partial charge in [0.1, 0.15) is 0 Å². The zero-order chi connectivity index (χ0) is 35.1. The molecule has 0 amide bonds. The number of aliphatic imine (C=N–C) groups is 1. The Kier molecular flexibility index (Phi) is 33.5. The predicted octanol–water partition coefficient (Wildman–Crippen LogP) is 13.6. The van der Waals surface area contributed by atoms with Crippen LogP contribution in [0.3, 0.4) is 0 Å². The summed E-state index contributed by atoms with van der Waals surface area (Å²) in [5.41, 5.74) is 10.0. The molecule has 0 aliphatic carbocycles. The van der Waals surface area contributed by atoms with E-state index in [0.29, 0.717) is 5.41 Å². The van der Waals surface area contributed by atoms with Crippen molar-refractivity contribution in [2.75, 3.05) is 19.4 Å². The number of allylic oxidation sites excluding steroid dienone is 7. The van der Waals surface area contributed by atoms with E-state index in [0.717, 1.165) is 23.3 Å². The van der Waals surface area contributed by atoms with Crippen LogP contribution in [-0.4, -0.2) is 19.8 Å². The third-order valence-corrected chi connectivity index (χ3v) is 5.49. The number of nitrogens with zero attached hydrogens (tertiary/aromatic N) is 1. The summed E-state index contributed by atoms with van der Waals surface area (Å²) in [6, 6.07) is 16.7. The molecule has 2 heteroatoms. The number of hydrogen-bond acceptors (Lipinski definition) is 2. The highest BCUT2D eigenvalue weighted by atomic mass is 14.8. The third kappa shape index (κ3) is 36.6. The maximum Gasteiger partial charge on any atom is 0.0672 e. The fraction of sp³-hybridized carbons (Fsp3) is 0.452. The monoisotopic (exact) mass is 603 g/mol. The summed E-state index contributed by atoms with van der Waals surface area (Å²) < 4.78 is 0. The lowest BCUT2D eigenvalue weighted by molar-refractivity contribution is 0.398. The van der Waals surface area contributed by atoms with Crippen molar-refractivity contribution in [3.63, 3.8) is 0 Å². The Balaban J connectivity index is -0.000000249. The van der Waals surface area contributed by atoms with E-state index in [2.05, 4.69) is 136 Å². The molecule has 0 spiro atoms. The van der Waals surface area contributed by atoms with Crippen molar-refractivity contribution in [3.05, 3.63) is 126 Å². The first-order valence-corrected chi connectivity index (χ1v) is 16.0. The second kappa shape index (κ2) is 31.0. The van der Waals surface area contributed by atoms with E-state index < -0.39 is 0 Å². The van der Waals surface area contributed by atoms with Crippen LogP contribution < -0.4 is 5.32 Å². The van der Waals surface area contributed by atoms with Crippen molar-refractivity contribution in [1.82, 2.24) is 0 Å². The summed E-state index contributed by atoms with van der Waals surface area (Å²) in [4.78, 5) is 4.36. The molecule has 0 saturated carbocycles. The van der Waals surface area contributed by atoms with Gasteiger partial charge in [0, 0.05) is 19.8 Å². The van der Waals surface area contributed by atoms with Gasteiger partial charge in [-0.3, -0.25) is 4.99 Å². The molecular formula is C42H70N2. The number of anilines is 1. The van der Waals surface area contributed by atoms with E-state index in [-0.39, 0.29) is 0 Å². The molecule has 44 heavy (non-hydrogen) atoms. The van der Waals surface area contributed by atoms with Crippen LogP contribution in [0.4, 0.5) is 5.69 Å². The summed E-state index contributed by atoms with van der Waals surface area (Å²) in [5, 5.41) is 3.07. The molecule has 0 bridgehead atoms. The quantitative estimate of drug-likeness (QED) is 0.198. The molecule has 0 heterocycles. The van der Waals surface area contributed by atoms with Gasteiger partial charge < -0.3 is 5.32 Å². The molecule has 0 radical (unpaired) electrons. The molecule has 1 N–H and O–H groups in total. The highest BCUT2D eigenvalue weighted by Crippen LogP contribution is 2.16. The average Bonchev–Trinajstić information content (AvgIpc) is 2.95. The number of nitrogens with one attached hydrogen (secondary N) is 1. The smallest absolute Gasteiger partial charge is 0.0672 e. The second-order valence-electron chi connectivity index (χ2n) is 12.2. The molecule has 0 fully saturated rings. The molecule has 2 aromatic rings. The summed E-state index contributed by atoms with van der Waals surface area (Å²) in [7, 11) is 3.75. The maximum absolute atomic E-state index is 4.36. The Morgan fingerprint density at radius 1 is 0.841 bits per heavy atom. The first-order valence-electron chi connectivity index (χ1n) is 16.0. The molecule has 0 aromatic heterocycles. The van der Waals surface area contributed by atoms with E-state index in [1.807, 2.05) is 65.2 Å². The van der Waals surface area contributed by atoms with Crippen LogP contribution in [-0.2, 0) is 0 Å². The van der Waals surface area contributed by atoms with Crippen molar-refractivity contribution >= 4 is 11.4 Å². The van der Waals surface area contributed by atoms with E-state index in [1.165, 1.54) is 40.8 Å².